The summed E-state index contributed by atoms with van der Waals surface area (Å²) in [5.74, 6) is 1.85. The van der Waals surface area contributed by atoms with Crippen molar-refractivity contribution in [2.75, 3.05) is 0 Å². The quantitative estimate of drug-likeness (QED) is 0.167. The Morgan fingerprint density at radius 3 is 1.66 bits per heavy atom. The summed E-state index contributed by atoms with van der Waals surface area (Å²) in [6.45, 7) is 0. The molecule has 0 atom stereocenters. The monoisotopic (exact) mass is 928 g/mol. The summed E-state index contributed by atoms with van der Waals surface area (Å²) >= 11 is 3.64. The number of para-hydroxylation sites is 2. The fourth-order valence-corrected chi connectivity index (χ4v) is 12.8. The van der Waals surface area contributed by atoms with E-state index in [1.807, 2.05) is 41.7 Å². The normalized spacial score (nSPS) is 12.0. The van der Waals surface area contributed by atoms with Crippen LogP contribution in [0.1, 0.15) is 0 Å². The summed E-state index contributed by atoms with van der Waals surface area (Å²) < 4.78 is 14.0. The highest BCUT2D eigenvalue weighted by Crippen LogP contribution is 2.43. The molecule has 7 heteroatoms. The summed E-state index contributed by atoms with van der Waals surface area (Å²) in [5.41, 5.74) is 12.6. The van der Waals surface area contributed by atoms with Crippen molar-refractivity contribution >= 4 is 107 Å². The molecule has 0 saturated carbocycles. The number of benzene rings is 10. The molecule has 5 nitrogen and oxygen atoms in total. The average molecular weight is 929 g/mol. The van der Waals surface area contributed by atoms with Crippen LogP contribution in [0.2, 0.25) is 0 Å². The van der Waals surface area contributed by atoms with Gasteiger partial charge in [0.1, 0.15) is 11.2 Å². The molecule has 15 aromatic rings. The minimum Gasteiger partial charge on any atom is -0.456 e. The van der Waals surface area contributed by atoms with Crippen LogP contribution >= 0.6 is 22.7 Å². The van der Waals surface area contributed by atoms with Gasteiger partial charge in [-0.25, -0.2) is 15.0 Å². The highest BCUT2D eigenvalue weighted by Gasteiger charge is 2.20. The van der Waals surface area contributed by atoms with Crippen molar-refractivity contribution in [3.63, 3.8) is 0 Å². The lowest BCUT2D eigenvalue weighted by Gasteiger charge is -2.09. The van der Waals surface area contributed by atoms with Gasteiger partial charge in [0.15, 0.2) is 17.5 Å². The number of thiophene rings is 2. The van der Waals surface area contributed by atoms with Crippen molar-refractivity contribution < 1.29 is 4.42 Å². The standard InChI is InChI=1S/C63H36N4OS2/c1-3-12-37(13-4-1)61-64-62(42-22-27-46-45-17-8-10-21-56(45)70-59(46)36-42)66-63(65-61)47-18-11-20-55-60(47)51-35-39(24-29-54(51)68-55)41-26-31-58-50(34-41)49-33-40(25-30-57(49)69-58)38-23-28-53-48(32-38)44-16-7-9-19-52(44)67(53)43-14-5-2-6-15-43/h1-36H. The lowest BCUT2D eigenvalue weighted by molar-refractivity contribution is 0.669. The molecule has 70 heavy (non-hydrogen) atoms. The van der Waals surface area contributed by atoms with E-state index in [0.29, 0.717) is 17.5 Å². The SMILES string of the molecule is c1ccc(-c2nc(-c3ccc4c(c3)sc3ccccc34)nc(-c3cccc4oc5ccc(-c6ccc7sc8ccc(-c9ccc%10c(c9)c9ccccc9n%10-c9ccccc9)cc8c7c6)cc5c34)n2)cc1. The van der Waals surface area contributed by atoms with E-state index in [1.54, 1.807) is 11.3 Å². The summed E-state index contributed by atoms with van der Waals surface area (Å²) in [6.07, 6.45) is 0. The van der Waals surface area contributed by atoms with Crippen LogP contribution in [0.5, 0.6) is 0 Å². The Hall–Kier alpha value is -8.75. The highest BCUT2D eigenvalue weighted by molar-refractivity contribution is 7.26. The number of nitrogens with zero attached hydrogens (tertiary/aromatic N) is 4. The first-order chi connectivity index (χ1) is 34.6. The third-order valence-electron chi connectivity index (χ3n) is 13.9. The Bertz CT molecular complexity index is 4600. The molecule has 326 valence electrons. The second kappa shape index (κ2) is 15.4. The van der Waals surface area contributed by atoms with Crippen molar-refractivity contribution in [3.8, 4) is 62.1 Å². The van der Waals surface area contributed by atoms with Gasteiger partial charge in [0.2, 0.25) is 0 Å². The van der Waals surface area contributed by atoms with Gasteiger partial charge in [0, 0.05) is 84.3 Å². The summed E-state index contributed by atoms with van der Waals surface area (Å²) in [7, 11) is 0. The molecule has 5 aromatic heterocycles. The predicted octanol–water partition coefficient (Wildman–Crippen LogP) is 17.9. The molecule has 0 unspecified atom stereocenters. The molecule has 0 radical (unpaired) electrons. The van der Waals surface area contributed by atoms with Gasteiger partial charge < -0.3 is 8.98 Å². The number of furan rings is 1. The molecule has 0 fully saturated rings. The summed E-state index contributed by atoms with van der Waals surface area (Å²) in [5, 5.41) is 9.50. The summed E-state index contributed by atoms with van der Waals surface area (Å²) in [4.78, 5) is 15.5. The molecule has 0 aliphatic rings. The van der Waals surface area contributed by atoms with Crippen molar-refractivity contribution in [2.24, 2.45) is 0 Å². The van der Waals surface area contributed by atoms with Crippen LogP contribution in [0.3, 0.4) is 0 Å². The Balaban J connectivity index is 0.844. The molecule has 0 spiro atoms. The Morgan fingerprint density at radius 1 is 0.314 bits per heavy atom. The van der Waals surface area contributed by atoms with Gasteiger partial charge in [0.05, 0.1) is 11.0 Å². The second-order valence-electron chi connectivity index (χ2n) is 17.9. The zero-order chi connectivity index (χ0) is 45.9. The van der Waals surface area contributed by atoms with Crippen molar-refractivity contribution in [3.05, 3.63) is 218 Å². The van der Waals surface area contributed by atoms with E-state index in [0.717, 1.165) is 55.4 Å². The van der Waals surface area contributed by atoms with Crippen LogP contribution in [-0.2, 0) is 0 Å². The van der Waals surface area contributed by atoms with E-state index in [1.165, 1.54) is 73.3 Å². The van der Waals surface area contributed by atoms with E-state index >= 15 is 0 Å². The number of hydrogen-bond donors (Lipinski definition) is 0. The van der Waals surface area contributed by atoms with Crippen LogP contribution in [0.4, 0.5) is 0 Å². The zero-order valence-corrected chi connectivity index (χ0v) is 38.9. The summed E-state index contributed by atoms with van der Waals surface area (Å²) in [6, 6.07) is 78.1. The maximum Gasteiger partial charge on any atom is 0.164 e. The fraction of sp³-hybridized carbons (Fsp3) is 0. The number of aromatic nitrogens is 4. The first kappa shape index (κ1) is 39.3. The largest absolute Gasteiger partial charge is 0.456 e. The van der Waals surface area contributed by atoms with Crippen LogP contribution in [0.25, 0.3) is 146 Å². The van der Waals surface area contributed by atoms with Crippen LogP contribution in [0.15, 0.2) is 223 Å². The number of rotatable bonds is 6. The van der Waals surface area contributed by atoms with E-state index in [-0.39, 0.29) is 0 Å². The van der Waals surface area contributed by atoms with E-state index in [2.05, 4.69) is 193 Å². The maximum absolute atomic E-state index is 6.59. The molecule has 5 heterocycles. The Kier molecular flexibility index (Phi) is 8.63. The van der Waals surface area contributed by atoms with Gasteiger partial charge in [-0.05, 0) is 107 Å². The lowest BCUT2D eigenvalue weighted by Crippen LogP contribution is -2.00. The predicted molar refractivity (Wildman–Crippen MR) is 294 cm³/mol. The van der Waals surface area contributed by atoms with Crippen molar-refractivity contribution in [1.29, 1.82) is 0 Å². The number of hydrogen-bond acceptors (Lipinski definition) is 6. The third kappa shape index (κ3) is 6.19. The van der Waals surface area contributed by atoms with E-state index in [9.17, 15) is 0 Å². The lowest BCUT2D eigenvalue weighted by atomic mass is 9.98. The zero-order valence-electron chi connectivity index (χ0n) is 37.3. The molecule has 0 saturated heterocycles. The molecule has 0 N–H and O–H groups in total. The minimum absolute atomic E-state index is 0.599. The topological polar surface area (TPSA) is 56.7 Å². The molecule has 0 bridgehead atoms. The fourth-order valence-electron chi connectivity index (χ4n) is 10.5. The Morgan fingerprint density at radius 2 is 0.871 bits per heavy atom. The van der Waals surface area contributed by atoms with Gasteiger partial charge >= 0.3 is 0 Å². The van der Waals surface area contributed by atoms with Gasteiger partial charge in [-0.1, -0.05) is 133 Å². The molecular formula is C63H36N4OS2. The second-order valence-corrected chi connectivity index (χ2v) is 20.1. The van der Waals surface area contributed by atoms with E-state index < -0.39 is 0 Å². The maximum atomic E-state index is 6.59. The van der Waals surface area contributed by atoms with Gasteiger partial charge in [0.25, 0.3) is 0 Å². The van der Waals surface area contributed by atoms with Gasteiger partial charge in [-0.2, -0.15) is 0 Å². The van der Waals surface area contributed by atoms with Crippen LogP contribution < -0.4 is 0 Å². The van der Waals surface area contributed by atoms with Crippen LogP contribution in [-0.4, -0.2) is 19.5 Å². The molecule has 0 aliphatic carbocycles. The molecule has 15 rings (SSSR count). The highest BCUT2D eigenvalue weighted by atomic mass is 32.1. The minimum atomic E-state index is 0.599. The van der Waals surface area contributed by atoms with Gasteiger partial charge in [-0.15, -0.1) is 22.7 Å². The average Bonchev–Trinajstić information content (AvgIpc) is 4.19. The van der Waals surface area contributed by atoms with Crippen LogP contribution in [0, 0.1) is 0 Å². The first-order valence-corrected chi connectivity index (χ1v) is 25.0. The van der Waals surface area contributed by atoms with Crippen molar-refractivity contribution in [2.45, 2.75) is 0 Å². The van der Waals surface area contributed by atoms with Crippen molar-refractivity contribution in [1.82, 2.24) is 19.5 Å². The molecule has 10 aromatic carbocycles. The molecule has 0 amide bonds. The molecular weight excluding hydrogens is 893 g/mol. The molecule has 0 aliphatic heterocycles. The van der Waals surface area contributed by atoms with E-state index in [4.69, 9.17) is 19.4 Å². The first-order valence-electron chi connectivity index (χ1n) is 23.4. The number of fused-ring (bicyclic) bond motifs is 12. The smallest absolute Gasteiger partial charge is 0.164 e. The Labute approximate surface area is 408 Å². The third-order valence-corrected chi connectivity index (χ3v) is 16.1. The van der Waals surface area contributed by atoms with Gasteiger partial charge in [-0.3, -0.25) is 0 Å².